The monoisotopic (exact) mass is 332 g/mol. The number of aliphatic hydroxyl groups excluding tert-OH is 1. The number of hydrogen-bond acceptors (Lipinski definition) is 4. The van der Waals surface area contributed by atoms with Crippen molar-refractivity contribution >= 4 is 28.9 Å². The Kier molecular flexibility index (Phi) is 4.69. The van der Waals surface area contributed by atoms with Gasteiger partial charge in [-0.2, -0.15) is 0 Å². The first-order valence-electron chi connectivity index (χ1n) is 7.32. The number of ether oxygens (including phenoxy) is 1. The molecule has 2 aromatic carbocycles. The molecule has 23 heavy (non-hydrogen) atoms. The molecule has 1 heterocycles. The van der Waals surface area contributed by atoms with Gasteiger partial charge in [-0.15, -0.1) is 0 Å². The van der Waals surface area contributed by atoms with Gasteiger partial charge in [0.15, 0.2) is 0 Å². The molecule has 1 aliphatic heterocycles. The Balaban J connectivity index is 1.60. The van der Waals surface area contributed by atoms with Gasteiger partial charge in [0.25, 0.3) is 0 Å². The minimum absolute atomic E-state index is 0.0884. The van der Waals surface area contributed by atoms with E-state index in [0.717, 1.165) is 11.4 Å². The maximum absolute atomic E-state index is 11.8. The smallest absolute Gasteiger partial charge is 0.243 e. The molecule has 1 atom stereocenters. The molecule has 3 rings (SSSR count). The average molecular weight is 333 g/mol. The van der Waals surface area contributed by atoms with Crippen molar-refractivity contribution in [2.75, 3.05) is 29.9 Å². The highest BCUT2D eigenvalue weighted by molar-refractivity contribution is 6.30. The van der Waals surface area contributed by atoms with E-state index in [1.807, 2.05) is 29.2 Å². The Morgan fingerprint density at radius 2 is 1.96 bits per heavy atom. The maximum atomic E-state index is 11.8. The molecule has 0 saturated heterocycles. The summed E-state index contributed by atoms with van der Waals surface area (Å²) in [6, 6.07) is 14.5. The first kappa shape index (κ1) is 15.6. The number of β-amino-alcohol motifs (C(OH)–C–C–N with tert-alkyl or cyclic N) is 1. The summed E-state index contributed by atoms with van der Waals surface area (Å²) in [5, 5.41) is 13.7. The van der Waals surface area contributed by atoms with Crippen LogP contribution < -0.4 is 15.0 Å². The van der Waals surface area contributed by atoms with Crippen molar-refractivity contribution in [1.29, 1.82) is 0 Å². The lowest BCUT2D eigenvalue weighted by Gasteiger charge is -2.32. The van der Waals surface area contributed by atoms with Crippen LogP contribution in [0, 0.1) is 0 Å². The van der Waals surface area contributed by atoms with Gasteiger partial charge in [0.1, 0.15) is 18.5 Å². The topological polar surface area (TPSA) is 61.8 Å². The fourth-order valence-electron chi connectivity index (χ4n) is 2.50. The van der Waals surface area contributed by atoms with Crippen molar-refractivity contribution in [3.63, 3.8) is 0 Å². The molecule has 1 aliphatic rings. The van der Waals surface area contributed by atoms with Gasteiger partial charge in [0, 0.05) is 11.6 Å². The molecule has 1 amide bonds. The molecule has 120 valence electrons. The highest BCUT2D eigenvalue weighted by Gasteiger charge is 2.23. The zero-order chi connectivity index (χ0) is 16.2. The third-order valence-electron chi connectivity index (χ3n) is 3.54. The molecule has 5 nitrogen and oxygen atoms in total. The summed E-state index contributed by atoms with van der Waals surface area (Å²) in [5.74, 6) is 0.555. The lowest BCUT2D eigenvalue weighted by atomic mass is 10.2. The molecule has 0 aliphatic carbocycles. The number of nitrogens with zero attached hydrogens (tertiary/aromatic N) is 1. The molecule has 2 N–H and O–H groups in total. The highest BCUT2D eigenvalue weighted by Crippen LogP contribution is 2.28. The van der Waals surface area contributed by atoms with Gasteiger partial charge < -0.3 is 20.1 Å². The van der Waals surface area contributed by atoms with Gasteiger partial charge in [-0.1, -0.05) is 23.7 Å². The lowest BCUT2D eigenvalue weighted by Crippen LogP contribution is -2.43. The zero-order valence-electron chi connectivity index (χ0n) is 12.4. The van der Waals surface area contributed by atoms with Gasteiger partial charge in [-0.3, -0.25) is 4.79 Å². The number of aliphatic hydroxyl groups is 1. The van der Waals surface area contributed by atoms with Crippen LogP contribution in [0.2, 0.25) is 5.02 Å². The van der Waals surface area contributed by atoms with Crippen molar-refractivity contribution in [2.45, 2.75) is 6.10 Å². The van der Waals surface area contributed by atoms with Crippen LogP contribution in [-0.2, 0) is 4.79 Å². The van der Waals surface area contributed by atoms with E-state index in [4.69, 9.17) is 16.3 Å². The number of anilines is 2. The summed E-state index contributed by atoms with van der Waals surface area (Å²) in [4.78, 5) is 13.6. The summed E-state index contributed by atoms with van der Waals surface area (Å²) in [6.45, 7) is 0.676. The van der Waals surface area contributed by atoms with Crippen molar-refractivity contribution in [3.8, 4) is 5.75 Å². The van der Waals surface area contributed by atoms with Gasteiger partial charge in [0.2, 0.25) is 5.91 Å². The quantitative estimate of drug-likeness (QED) is 0.883. The molecule has 0 spiro atoms. The number of fused-ring (bicyclic) bond motifs is 1. The Morgan fingerprint density at radius 1 is 1.22 bits per heavy atom. The fourth-order valence-corrected chi connectivity index (χ4v) is 2.62. The number of rotatable bonds is 5. The Bertz CT molecular complexity index is 690. The van der Waals surface area contributed by atoms with Gasteiger partial charge >= 0.3 is 0 Å². The zero-order valence-corrected chi connectivity index (χ0v) is 13.2. The summed E-state index contributed by atoms with van der Waals surface area (Å²) < 4.78 is 5.54. The van der Waals surface area contributed by atoms with Crippen molar-refractivity contribution in [1.82, 2.24) is 0 Å². The van der Waals surface area contributed by atoms with Crippen LogP contribution in [0.4, 0.5) is 11.4 Å². The summed E-state index contributed by atoms with van der Waals surface area (Å²) >= 11 is 5.82. The molecule has 0 aromatic heterocycles. The van der Waals surface area contributed by atoms with E-state index in [0.29, 0.717) is 17.3 Å². The Morgan fingerprint density at radius 3 is 2.74 bits per heavy atom. The van der Waals surface area contributed by atoms with E-state index in [1.54, 1.807) is 24.3 Å². The molecule has 0 saturated carbocycles. The summed E-state index contributed by atoms with van der Waals surface area (Å²) in [5.41, 5.74) is 1.66. The number of nitrogens with one attached hydrogen (secondary N) is 1. The third-order valence-corrected chi connectivity index (χ3v) is 3.79. The molecule has 1 unspecified atom stereocenters. The van der Waals surface area contributed by atoms with E-state index in [1.165, 1.54) is 0 Å². The number of benzene rings is 2. The van der Waals surface area contributed by atoms with E-state index >= 15 is 0 Å². The van der Waals surface area contributed by atoms with E-state index in [9.17, 15) is 9.90 Å². The molecular formula is C17H17ClN2O3. The molecule has 0 fully saturated rings. The van der Waals surface area contributed by atoms with Crippen molar-refractivity contribution in [2.24, 2.45) is 0 Å². The van der Waals surface area contributed by atoms with Crippen LogP contribution in [0.3, 0.4) is 0 Å². The maximum Gasteiger partial charge on any atom is 0.243 e. The first-order chi connectivity index (χ1) is 11.1. The first-order valence-corrected chi connectivity index (χ1v) is 7.70. The predicted molar refractivity (Wildman–Crippen MR) is 90.2 cm³/mol. The third kappa shape index (κ3) is 3.94. The highest BCUT2D eigenvalue weighted by atomic mass is 35.5. The van der Waals surface area contributed by atoms with Gasteiger partial charge in [-0.05, 0) is 36.4 Å². The van der Waals surface area contributed by atoms with E-state index < -0.39 is 6.10 Å². The van der Waals surface area contributed by atoms with Gasteiger partial charge in [-0.25, -0.2) is 0 Å². The van der Waals surface area contributed by atoms with E-state index in [-0.39, 0.29) is 19.1 Å². The summed E-state index contributed by atoms with van der Waals surface area (Å²) in [6.07, 6.45) is -0.718. The largest absolute Gasteiger partial charge is 0.491 e. The minimum atomic E-state index is -0.718. The van der Waals surface area contributed by atoms with E-state index in [2.05, 4.69) is 5.32 Å². The molecule has 0 bridgehead atoms. The Labute approximate surface area is 139 Å². The number of amides is 1. The second kappa shape index (κ2) is 6.89. The van der Waals surface area contributed by atoms with Crippen molar-refractivity contribution < 1.29 is 14.6 Å². The standard InChI is InChI=1S/C17H17ClN2O3/c18-12-5-7-14(8-6-12)23-11-13(21)9-20-10-17(22)19-15-3-1-2-4-16(15)20/h1-8,13,21H,9-11H2,(H,19,22). The average Bonchev–Trinajstić information content (AvgIpc) is 2.54. The normalized spacial score (nSPS) is 14.9. The van der Waals surface area contributed by atoms with Gasteiger partial charge in [0.05, 0.1) is 17.9 Å². The van der Waals surface area contributed by atoms with Crippen LogP contribution in [0.25, 0.3) is 0 Å². The number of carbonyl (C=O) groups is 1. The fraction of sp³-hybridized carbons (Fsp3) is 0.235. The number of para-hydroxylation sites is 2. The van der Waals surface area contributed by atoms with Crippen LogP contribution in [0.1, 0.15) is 0 Å². The SMILES string of the molecule is O=C1CN(CC(O)COc2ccc(Cl)cc2)c2ccccc2N1. The molecular weight excluding hydrogens is 316 g/mol. The van der Waals surface area contributed by atoms with Crippen LogP contribution in [-0.4, -0.2) is 36.8 Å². The number of carbonyl (C=O) groups excluding carboxylic acids is 1. The Hall–Kier alpha value is -2.24. The van der Waals surface area contributed by atoms with Crippen molar-refractivity contribution in [3.05, 3.63) is 53.6 Å². The lowest BCUT2D eigenvalue weighted by molar-refractivity contribution is -0.115. The number of hydrogen-bond donors (Lipinski definition) is 2. The van der Waals surface area contributed by atoms with Crippen LogP contribution >= 0.6 is 11.6 Å². The predicted octanol–water partition coefficient (Wildman–Crippen LogP) is 2.54. The van der Waals surface area contributed by atoms with Crippen LogP contribution in [0.5, 0.6) is 5.75 Å². The molecule has 6 heteroatoms. The minimum Gasteiger partial charge on any atom is -0.491 e. The molecule has 2 aromatic rings. The second-order valence-electron chi connectivity index (χ2n) is 5.36. The molecule has 0 radical (unpaired) electrons. The second-order valence-corrected chi connectivity index (χ2v) is 5.80. The number of halogens is 1. The summed E-state index contributed by atoms with van der Waals surface area (Å²) in [7, 11) is 0. The van der Waals surface area contributed by atoms with Crippen LogP contribution in [0.15, 0.2) is 48.5 Å².